The van der Waals surface area contributed by atoms with Gasteiger partial charge in [-0.2, -0.15) is 0 Å². The van der Waals surface area contributed by atoms with Crippen molar-refractivity contribution < 1.29 is 14.2 Å². The van der Waals surface area contributed by atoms with Crippen LogP contribution in [0.15, 0.2) is 18.2 Å². The Bertz CT molecular complexity index is 343. The predicted octanol–water partition coefficient (Wildman–Crippen LogP) is 1.38. The highest BCUT2D eigenvalue weighted by atomic mass is 19.1. The fourth-order valence-corrected chi connectivity index (χ4v) is 1.52. The number of aliphatic hydroxyl groups is 1. The topological polar surface area (TPSA) is 41.5 Å². The summed E-state index contributed by atoms with van der Waals surface area (Å²) in [5.74, 6) is 0.290. The number of rotatable bonds is 1. The lowest BCUT2D eigenvalue weighted by atomic mass is 10.1. The van der Waals surface area contributed by atoms with Crippen LogP contribution in [0.25, 0.3) is 0 Å². The Morgan fingerprint density at radius 2 is 2.36 bits per heavy atom. The number of nitrogens with one attached hydrogen (secondary N) is 1. The first-order valence-electron chi connectivity index (χ1n) is 4.54. The van der Waals surface area contributed by atoms with Crippen molar-refractivity contribution in [1.29, 1.82) is 0 Å². The second kappa shape index (κ2) is 3.46. The number of aliphatic hydroxyl groups excluding tert-OH is 1. The summed E-state index contributed by atoms with van der Waals surface area (Å²) in [5, 5.41) is 12.1. The van der Waals surface area contributed by atoms with Crippen molar-refractivity contribution in [3.8, 4) is 5.75 Å². The Morgan fingerprint density at radius 1 is 1.57 bits per heavy atom. The van der Waals surface area contributed by atoms with Crippen molar-refractivity contribution in [2.24, 2.45) is 0 Å². The Balaban J connectivity index is 2.30. The number of anilines is 1. The summed E-state index contributed by atoms with van der Waals surface area (Å²) >= 11 is 0. The molecule has 2 N–H and O–H groups in total. The van der Waals surface area contributed by atoms with E-state index in [4.69, 9.17) is 9.84 Å². The van der Waals surface area contributed by atoms with E-state index in [0.29, 0.717) is 11.4 Å². The number of hydrogen-bond acceptors (Lipinski definition) is 3. The predicted molar refractivity (Wildman–Crippen MR) is 51.0 cm³/mol. The zero-order valence-electron chi connectivity index (χ0n) is 7.83. The standard InChI is InChI=1S/C10H12FNO2/c1-6-10(5-13)14-9-3-2-7(11)4-8(9)12-6/h2-4,6,10,12-13H,5H2,1H3. The smallest absolute Gasteiger partial charge is 0.143 e. The summed E-state index contributed by atoms with van der Waals surface area (Å²) in [6, 6.07) is 4.27. The summed E-state index contributed by atoms with van der Waals surface area (Å²) in [6.07, 6.45) is -0.270. The quantitative estimate of drug-likeness (QED) is 0.714. The fourth-order valence-electron chi connectivity index (χ4n) is 1.52. The van der Waals surface area contributed by atoms with Crippen molar-refractivity contribution in [3.63, 3.8) is 0 Å². The molecule has 0 saturated heterocycles. The number of fused-ring (bicyclic) bond motifs is 1. The zero-order valence-corrected chi connectivity index (χ0v) is 7.83. The number of benzene rings is 1. The fraction of sp³-hybridized carbons (Fsp3) is 0.400. The van der Waals surface area contributed by atoms with Crippen molar-refractivity contribution in [2.75, 3.05) is 11.9 Å². The largest absolute Gasteiger partial charge is 0.484 e. The maximum Gasteiger partial charge on any atom is 0.143 e. The van der Waals surface area contributed by atoms with Crippen LogP contribution in [0.3, 0.4) is 0 Å². The van der Waals surface area contributed by atoms with Gasteiger partial charge in [0.1, 0.15) is 17.7 Å². The van der Waals surface area contributed by atoms with Gasteiger partial charge in [0.15, 0.2) is 0 Å². The van der Waals surface area contributed by atoms with Crippen LogP contribution in [0, 0.1) is 5.82 Å². The minimum atomic E-state index is -0.297. The average Bonchev–Trinajstić information content (AvgIpc) is 2.16. The van der Waals surface area contributed by atoms with Crippen LogP contribution in [0.2, 0.25) is 0 Å². The first kappa shape index (κ1) is 9.27. The lowest BCUT2D eigenvalue weighted by Gasteiger charge is -2.31. The van der Waals surface area contributed by atoms with Gasteiger partial charge in [0.2, 0.25) is 0 Å². The molecule has 4 heteroatoms. The van der Waals surface area contributed by atoms with E-state index in [2.05, 4.69) is 5.32 Å². The van der Waals surface area contributed by atoms with Gasteiger partial charge in [-0.15, -0.1) is 0 Å². The molecule has 0 radical (unpaired) electrons. The van der Waals surface area contributed by atoms with Gasteiger partial charge in [-0.05, 0) is 19.1 Å². The highest BCUT2D eigenvalue weighted by Gasteiger charge is 2.25. The molecule has 0 amide bonds. The maximum absolute atomic E-state index is 12.9. The Hall–Kier alpha value is -1.29. The van der Waals surface area contributed by atoms with Crippen molar-refractivity contribution in [2.45, 2.75) is 19.1 Å². The van der Waals surface area contributed by atoms with Crippen molar-refractivity contribution in [1.82, 2.24) is 0 Å². The summed E-state index contributed by atoms with van der Waals surface area (Å²) in [7, 11) is 0. The van der Waals surface area contributed by atoms with Crippen LogP contribution in [0.4, 0.5) is 10.1 Å². The summed E-state index contributed by atoms with van der Waals surface area (Å²) in [5.41, 5.74) is 0.641. The second-order valence-corrected chi connectivity index (χ2v) is 3.41. The molecule has 1 aliphatic rings. The van der Waals surface area contributed by atoms with Gasteiger partial charge in [-0.3, -0.25) is 0 Å². The molecule has 0 spiro atoms. The van der Waals surface area contributed by atoms with Crippen LogP contribution >= 0.6 is 0 Å². The normalized spacial score (nSPS) is 24.8. The first-order chi connectivity index (χ1) is 6.70. The van der Waals surface area contributed by atoms with Crippen LogP contribution in [0.1, 0.15) is 6.92 Å². The number of hydrogen-bond donors (Lipinski definition) is 2. The van der Waals surface area contributed by atoms with Gasteiger partial charge < -0.3 is 15.2 Å². The van der Waals surface area contributed by atoms with Crippen molar-refractivity contribution >= 4 is 5.69 Å². The monoisotopic (exact) mass is 197 g/mol. The molecule has 0 aromatic heterocycles. The summed E-state index contributed by atoms with van der Waals surface area (Å²) in [4.78, 5) is 0. The van der Waals surface area contributed by atoms with Gasteiger partial charge >= 0.3 is 0 Å². The zero-order chi connectivity index (χ0) is 10.1. The average molecular weight is 197 g/mol. The number of halogens is 1. The minimum Gasteiger partial charge on any atom is -0.484 e. The molecule has 14 heavy (non-hydrogen) atoms. The molecule has 2 unspecified atom stereocenters. The molecule has 0 fully saturated rings. The highest BCUT2D eigenvalue weighted by molar-refractivity contribution is 5.58. The SMILES string of the molecule is CC1Nc2cc(F)ccc2OC1CO. The Kier molecular flexibility index (Phi) is 2.29. The molecule has 0 aliphatic carbocycles. The van der Waals surface area contributed by atoms with E-state index in [1.807, 2.05) is 6.92 Å². The van der Waals surface area contributed by atoms with Gasteiger partial charge in [0, 0.05) is 6.07 Å². The van der Waals surface area contributed by atoms with Crippen LogP contribution in [-0.4, -0.2) is 23.9 Å². The lowest BCUT2D eigenvalue weighted by Crippen LogP contribution is -2.41. The Morgan fingerprint density at radius 3 is 3.07 bits per heavy atom. The van der Waals surface area contributed by atoms with Crippen LogP contribution < -0.4 is 10.1 Å². The summed E-state index contributed by atoms with van der Waals surface area (Å²) < 4.78 is 18.3. The molecule has 1 aromatic carbocycles. The van der Waals surface area contributed by atoms with E-state index >= 15 is 0 Å². The first-order valence-corrected chi connectivity index (χ1v) is 4.54. The number of ether oxygens (including phenoxy) is 1. The van der Waals surface area contributed by atoms with Gasteiger partial charge in [0.05, 0.1) is 18.3 Å². The third kappa shape index (κ3) is 1.53. The van der Waals surface area contributed by atoms with Crippen LogP contribution in [-0.2, 0) is 0 Å². The molecular formula is C10H12FNO2. The van der Waals surface area contributed by atoms with E-state index in [9.17, 15) is 4.39 Å². The van der Waals surface area contributed by atoms with E-state index < -0.39 is 0 Å². The molecular weight excluding hydrogens is 185 g/mol. The van der Waals surface area contributed by atoms with E-state index in [1.165, 1.54) is 12.1 Å². The molecule has 3 nitrogen and oxygen atoms in total. The lowest BCUT2D eigenvalue weighted by molar-refractivity contribution is 0.0976. The van der Waals surface area contributed by atoms with Gasteiger partial charge in [-0.25, -0.2) is 4.39 Å². The molecule has 2 rings (SSSR count). The highest BCUT2D eigenvalue weighted by Crippen LogP contribution is 2.31. The third-order valence-corrected chi connectivity index (χ3v) is 2.34. The molecule has 1 aromatic rings. The third-order valence-electron chi connectivity index (χ3n) is 2.34. The van der Waals surface area contributed by atoms with Crippen LogP contribution in [0.5, 0.6) is 5.75 Å². The maximum atomic E-state index is 12.9. The molecule has 1 heterocycles. The molecule has 0 saturated carbocycles. The summed E-state index contributed by atoms with van der Waals surface area (Å²) in [6.45, 7) is 1.83. The van der Waals surface area contributed by atoms with E-state index in [0.717, 1.165) is 0 Å². The van der Waals surface area contributed by atoms with Gasteiger partial charge in [0.25, 0.3) is 0 Å². The molecule has 0 bridgehead atoms. The molecule has 2 atom stereocenters. The van der Waals surface area contributed by atoms with Crippen molar-refractivity contribution in [3.05, 3.63) is 24.0 Å². The van der Waals surface area contributed by atoms with Gasteiger partial charge in [-0.1, -0.05) is 0 Å². The van der Waals surface area contributed by atoms with E-state index in [-0.39, 0.29) is 24.6 Å². The van der Waals surface area contributed by atoms with E-state index in [1.54, 1.807) is 6.07 Å². The minimum absolute atomic E-state index is 0.0192. The second-order valence-electron chi connectivity index (χ2n) is 3.41. The molecule has 76 valence electrons. The molecule has 1 aliphatic heterocycles. The Labute approximate surface area is 81.5 Å².